The first kappa shape index (κ1) is 11.0. The zero-order valence-electron chi connectivity index (χ0n) is 8.02. The molecule has 0 aromatic heterocycles. The number of hydrogen-bond donors (Lipinski definition) is 1. The van der Waals surface area contributed by atoms with E-state index in [1.54, 1.807) is 12.2 Å². The number of nitrogens with zero attached hydrogens (tertiary/aromatic N) is 1. The van der Waals surface area contributed by atoms with Gasteiger partial charge in [-0.3, -0.25) is 4.79 Å². The Kier molecular flexibility index (Phi) is 3.14. The summed E-state index contributed by atoms with van der Waals surface area (Å²) in [5.74, 6) is -0.253. The summed E-state index contributed by atoms with van der Waals surface area (Å²) in [6.07, 6.45) is 4.56. The van der Waals surface area contributed by atoms with Crippen LogP contribution in [0, 0.1) is 16.7 Å². The van der Waals surface area contributed by atoms with E-state index in [1.165, 1.54) is 6.08 Å². The van der Waals surface area contributed by atoms with Gasteiger partial charge in [0.15, 0.2) is 5.78 Å². The highest BCUT2D eigenvalue weighted by atomic mass is 32.1. The van der Waals surface area contributed by atoms with Crippen LogP contribution in [0.4, 0.5) is 0 Å². The summed E-state index contributed by atoms with van der Waals surface area (Å²) in [7, 11) is 0. The van der Waals surface area contributed by atoms with E-state index in [1.807, 2.05) is 19.9 Å². The van der Waals surface area contributed by atoms with Gasteiger partial charge < -0.3 is 4.18 Å². The topological polar surface area (TPSA) is 50.1 Å². The second-order valence-electron chi connectivity index (χ2n) is 3.48. The van der Waals surface area contributed by atoms with Gasteiger partial charge in [0.05, 0.1) is 11.7 Å². The van der Waals surface area contributed by atoms with Crippen LogP contribution in [0.2, 0.25) is 0 Å². The molecule has 0 radical (unpaired) electrons. The lowest BCUT2D eigenvalue weighted by Gasteiger charge is -2.29. The molecule has 0 saturated heterocycles. The Hall–Kier alpha value is -1.05. The van der Waals surface area contributed by atoms with Gasteiger partial charge in [-0.15, -0.1) is 0 Å². The molecule has 0 N–H and O–H groups in total. The van der Waals surface area contributed by atoms with Crippen molar-refractivity contribution in [3.8, 4) is 6.07 Å². The molecular weight excluding hydrogens is 198 g/mol. The summed E-state index contributed by atoms with van der Waals surface area (Å²) in [5, 5.41) is 8.72. The van der Waals surface area contributed by atoms with Crippen LogP contribution in [0.15, 0.2) is 23.8 Å². The molecule has 2 unspecified atom stereocenters. The monoisotopic (exact) mass is 209 g/mol. The van der Waals surface area contributed by atoms with Crippen molar-refractivity contribution in [3.05, 3.63) is 23.8 Å². The summed E-state index contributed by atoms with van der Waals surface area (Å²) in [6, 6.07) is 1.87. The van der Waals surface area contributed by atoms with Gasteiger partial charge in [0.2, 0.25) is 0 Å². The number of ketones is 1. The van der Waals surface area contributed by atoms with E-state index in [0.29, 0.717) is 0 Å². The van der Waals surface area contributed by atoms with Crippen molar-refractivity contribution in [2.24, 2.45) is 5.41 Å². The molecule has 1 aliphatic carbocycles. The first-order valence-electron chi connectivity index (χ1n) is 4.20. The van der Waals surface area contributed by atoms with Crippen molar-refractivity contribution in [1.29, 1.82) is 5.26 Å². The third-order valence-corrected chi connectivity index (χ3v) is 2.79. The lowest BCUT2D eigenvalue weighted by molar-refractivity contribution is -0.111. The lowest BCUT2D eigenvalue weighted by Crippen LogP contribution is -2.29. The van der Waals surface area contributed by atoms with Crippen LogP contribution in [-0.2, 0) is 8.98 Å². The highest BCUT2D eigenvalue weighted by Gasteiger charge is 2.31. The standard InChI is InChI=1S/C10H11NO2S/c1-7(13-14)10(2)4-3-9(12)8(5-10)6-11/h3-5,7,14H,1-2H3. The number of carbonyl (C=O) groups excluding carboxylic acids is 1. The summed E-state index contributed by atoms with van der Waals surface area (Å²) in [6.45, 7) is 3.72. The Morgan fingerprint density at radius 2 is 2.36 bits per heavy atom. The lowest BCUT2D eigenvalue weighted by atomic mass is 9.79. The average molecular weight is 209 g/mol. The zero-order chi connectivity index (χ0) is 10.8. The first-order chi connectivity index (χ1) is 6.53. The molecule has 0 aromatic rings. The Morgan fingerprint density at radius 3 is 2.86 bits per heavy atom. The van der Waals surface area contributed by atoms with Crippen LogP contribution in [-0.4, -0.2) is 11.9 Å². The van der Waals surface area contributed by atoms with E-state index < -0.39 is 5.41 Å². The molecule has 0 heterocycles. The van der Waals surface area contributed by atoms with Gasteiger partial charge in [0.1, 0.15) is 6.07 Å². The molecule has 0 bridgehead atoms. The molecule has 0 aromatic carbocycles. The molecule has 2 atom stereocenters. The van der Waals surface area contributed by atoms with Crippen molar-refractivity contribution in [2.75, 3.05) is 0 Å². The maximum atomic E-state index is 11.2. The van der Waals surface area contributed by atoms with E-state index in [4.69, 9.17) is 9.44 Å². The minimum Gasteiger partial charge on any atom is -0.314 e. The number of thiol groups is 1. The molecule has 1 rings (SSSR count). The predicted octanol–water partition coefficient (Wildman–Crippen LogP) is 1.83. The Balaban J connectivity index is 3.05. The molecule has 0 spiro atoms. The Labute approximate surface area is 88.7 Å². The molecule has 0 fully saturated rings. The molecule has 4 heteroatoms. The van der Waals surface area contributed by atoms with Crippen molar-refractivity contribution in [2.45, 2.75) is 20.0 Å². The van der Waals surface area contributed by atoms with Crippen molar-refractivity contribution in [3.63, 3.8) is 0 Å². The number of nitriles is 1. The van der Waals surface area contributed by atoms with E-state index >= 15 is 0 Å². The first-order valence-corrected chi connectivity index (χ1v) is 4.57. The Bertz CT molecular complexity index is 354. The summed E-state index contributed by atoms with van der Waals surface area (Å²) in [4.78, 5) is 11.2. The van der Waals surface area contributed by atoms with Gasteiger partial charge in [-0.25, -0.2) is 0 Å². The zero-order valence-corrected chi connectivity index (χ0v) is 8.91. The van der Waals surface area contributed by atoms with Crippen molar-refractivity contribution in [1.82, 2.24) is 0 Å². The maximum absolute atomic E-state index is 11.2. The number of rotatable bonds is 2. The molecule has 74 valence electrons. The van der Waals surface area contributed by atoms with Crippen molar-refractivity contribution >= 4 is 18.7 Å². The second-order valence-corrected chi connectivity index (χ2v) is 3.69. The van der Waals surface area contributed by atoms with Gasteiger partial charge in [-0.2, -0.15) is 5.26 Å². The fourth-order valence-corrected chi connectivity index (χ4v) is 1.46. The third kappa shape index (κ3) is 1.89. The second kappa shape index (κ2) is 3.99. The number of hydrogen-bond acceptors (Lipinski definition) is 4. The van der Waals surface area contributed by atoms with E-state index in [2.05, 4.69) is 12.9 Å². The van der Waals surface area contributed by atoms with Crippen LogP contribution in [0.1, 0.15) is 13.8 Å². The van der Waals surface area contributed by atoms with Gasteiger partial charge in [-0.1, -0.05) is 12.2 Å². The van der Waals surface area contributed by atoms with Gasteiger partial charge in [-0.05, 0) is 32.8 Å². The molecule has 0 aliphatic heterocycles. The quantitative estimate of drug-likeness (QED) is 0.557. The van der Waals surface area contributed by atoms with Gasteiger partial charge in [0, 0.05) is 5.41 Å². The number of carbonyl (C=O) groups is 1. The minimum absolute atomic E-state index is 0.159. The predicted molar refractivity (Wildman–Crippen MR) is 55.5 cm³/mol. The van der Waals surface area contributed by atoms with Gasteiger partial charge >= 0.3 is 0 Å². The number of allylic oxidation sites excluding steroid dienone is 2. The summed E-state index contributed by atoms with van der Waals surface area (Å²) < 4.78 is 4.90. The largest absolute Gasteiger partial charge is 0.314 e. The fraction of sp³-hybridized carbons (Fsp3) is 0.400. The molecule has 0 amide bonds. The SMILES string of the molecule is CC(OS)C1(C)C=CC(=O)C(C#N)=C1. The molecule has 3 nitrogen and oxygen atoms in total. The molecular formula is C10H11NO2S. The Morgan fingerprint density at radius 1 is 1.71 bits per heavy atom. The molecule has 0 saturated carbocycles. The third-order valence-electron chi connectivity index (χ3n) is 2.47. The minimum atomic E-state index is -0.444. The van der Waals surface area contributed by atoms with E-state index in [0.717, 1.165) is 0 Å². The van der Waals surface area contributed by atoms with Crippen LogP contribution < -0.4 is 0 Å². The highest BCUT2D eigenvalue weighted by molar-refractivity contribution is 7.75. The molecule has 14 heavy (non-hydrogen) atoms. The summed E-state index contributed by atoms with van der Waals surface area (Å²) >= 11 is 3.73. The molecule has 1 aliphatic rings. The van der Waals surface area contributed by atoms with Crippen LogP contribution in [0.3, 0.4) is 0 Å². The smallest absolute Gasteiger partial charge is 0.195 e. The maximum Gasteiger partial charge on any atom is 0.195 e. The van der Waals surface area contributed by atoms with Crippen LogP contribution in [0.25, 0.3) is 0 Å². The average Bonchev–Trinajstić information content (AvgIpc) is 2.20. The fourth-order valence-electron chi connectivity index (χ4n) is 1.23. The van der Waals surface area contributed by atoms with Crippen LogP contribution >= 0.6 is 12.9 Å². The normalized spacial score (nSPS) is 28.1. The van der Waals surface area contributed by atoms with E-state index in [9.17, 15) is 4.79 Å². The van der Waals surface area contributed by atoms with Crippen LogP contribution in [0.5, 0.6) is 0 Å². The summed E-state index contributed by atoms with van der Waals surface area (Å²) in [5.41, 5.74) is -0.284. The van der Waals surface area contributed by atoms with Gasteiger partial charge in [0.25, 0.3) is 0 Å². The highest BCUT2D eigenvalue weighted by Crippen LogP contribution is 2.32. The van der Waals surface area contributed by atoms with E-state index in [-0.39, 0.29) is 17.5 Å². The van der Waals surface area contributed by atoms with Crippen molar-refractivity contribution < 1.29 is 8.98 Å².